The molecule has 0 saturated carbocycles. The van der Waals surface area contributed by atoms with E-state index < -0.39 is 5.91 Å². The van der Waals surface area contributed by atoms with Crippen LogP contribution in [-0.4, -0.2) is 13.0 Å². The number of carbonyl (C=O) groups is 1. The Hall–Kier alpha value is -1.17. The Labute approximate surface area is 99.7 Å². The number of hydrogen-bond donors (Lipinski definition) is 1. The highest BCUT2D eigenvalue weighted by Crippen LogP contribution is 2.35. The summed E-state index contributed by atoms with van der Waals surface area (Å²) in [5.41, 5.74) is 2.17. The number of carbonyl (C=O) groups excluding carboxylic acids is 1. The molecule has 0 spiro atoms. The summed E-state index contributed by atoms with van der Waals surface area (Å²) in [5.74, 6) is -0.793. The van der Waals surface area contributed by atoms with Crippen LogP contribution in [0.15, 0.2) is 18.2 Å². The van der Waals surface area contributed by atoms with Crippen molar-refractivity contribution in [1.82, 2.24) is 5.48 Å². The molecule has 0 unspecified atom stereocenters. The lowest BCUT2D eigenvalue weighted by Gasteiger charge is -1.98. The van der Waals surface area contributed by atoms with Crippen LogP contribution in [0.4, 0.5) is 4.39 Å². The predicted octanol–water partition coefficient (Wildman–Crippen LogP) is 2.99. The largest absolute Gasteiger partial charge is 0.286 e. The van der Waals surface area contributed by atoms with Crippen molar-refractivity contribution in [1.29, 1.82) is 0 Å². The molecule has 0 bridgehead atoms. The fourth-order valence-corrected chi connectivity index (χ4v) is 2.75. The van der Waals surface area contributed by atoms with Crippen LogP contribution in [-0.2, 0) is 4.84 Å². The Bertz CT molecular complexity index is 555. The Morgan fingerprint density at radius 1 is 1.56 bits per heavy atom. The summed E-state index contributed by atoms with van der Waals surface area (Å²) in [4.78, 5) is 16.3. The van der Waals surface area contributed by atoms with Crippen LogP contribution in [0, 0.1) is 5.82 Å². The summed E-state index contributed by atoms with van der Waals surface area (Å²) in [7, 11) is 1.33. The summed E-state index contributed by atoms with van der Waals surface area (Å²) in [6.45, 7) is 0. The summed E-state index contributed by atoms with van der Waals surface area (Å²) in [6.07, 6.45) is 0. The first-order valence-corrected chi connectivity index (χ1v) is 5.54. The minimum absolute atomic E-state index is 0.309. The highest BCUT2D eigenvalue weighted by molar-refractivity contribution is 7.21. The van der Waals surface area contributed by atoms with E-state index in [9.17, 15) is 9.18 Å². The highest BCUT2D eigenvalue weighted by atomic mass is 35.5. The molecule has 0 aliphatic rings. The first-order valence-electron chi connectivity index (χ1n) is 4.34. The number of thiophene rings is 1. The van der Waals surface area contributed by atoms with Gasteiger partial charge in [0.05, 0.1) is 12.1 Å². The van der Waals surface area contributed by atoms with Gasteiger partial charge in [-0.1, -0.05) is 11.6 Å². The number of nitrogens with one attached hydrogen (secondary N) is 1. The molecule has 0 fully saturated rings. The topological polar surface area (TPSA) is 38.3 Å². The van der Waals surface area contributed by atoms with Crippen LogP contribution >= 0.6 is 22.9 Å². The van der Waals surface area contributed by atoms with Gasteiger partial charge in [-0.2, -0.15) is 0 Å². The van der Waals surface area contributed by atoms with Gasteiger partial charge < -0.3 is 0 Å². The molecular weight excluding hydrogens is 253 g/mol. The molecule has 6 heteroatoms. The van der Waals surface area contributed by atoms with Crippen LogP contribution in [0.5, 0.6) is 0 Å². The van der Waals surface area contributed by atoms with Gasteiger partial charge in [0, 0.05) is 10.1 Å². The van der Waals surface area contributed by atoms with Gasteiger partial charge in [-0.05, 0) is 18.2 Å². The first-order chi connectivity index (χ1) is 7.63. The standard InChI is InChI=1S/C10H7ClFNO2S/c1-15-13-10(14)9-8(11)6-3-2-5(12)4-7(6)16-9/h2-4H,1H3,(H,13,14). The van der Waals surface area contributed by atoms with E-state index in [-0.39, 0.29) is 5.82 Å². The maximum Gasteiger partial charge on any atom is 0.286 e. The molecule has 2 rings (SSSR count). The third-order valence-electron chi connectivity index (χ3n) is 1.99. The number of hydrogen-bond acceptors (Lipinski definition) is 3. The molecule has 0 saturated heterocycles. The van der Waals surface area contributed by atoms with Gasteiger partial charge in [0.25, 0.3) is 5.91 Å². The summed E-state index contributed by atoms with van der Waals surface area (Å²) in [5, 5.41) is 0.976. The van der Waals surface area contributed by atoms with E-state index in [1.165, 1.54) is 19.2 Å². The molecule has 1 heterocycles. The predicted molar refractivity (Wildman–Crippen MR) is 61.3 cm³/mol. The van der Waals surface area contributed by atoms with Gasteiger partial charge in [-0.3, -0.25) is 9.63 Å². The number of amides is 1. The van der Waals surface area contributed by atoms with Gasteiger partial charge in [-0.15, -0.1) is 11.3 Å². The summed E-state index contributed by atoms with van der Waals surface area (Å²) >= 11 is 7.13. The lowest BCUT2D eigenvalue weighted by molar-refractivity contribution is 0.0542. The van der Waals surface area contributed by atoms with Crippen molar-refractivity contribution in [2.24, 2.45) is 0 Å². The van der Waals surface area contributed by atoms with Crippen molar-refractivity contribution in [3.05, 3.63) is 33.9 Å². The van der Waals surface area contributed by atoms with E-state index >= 15 is 0 Å². The van der Waals surface area contributed by atoms with Gasteiger partial charge in [0.15, 0.2) is 0 Å². The average Bonchev–Trinajstić information content (AvgIpc) is 2.56. The second kappa shape index (κ2) is 4.37. The lowest BCUT2D eigenvalue weighted by Crippen LogP contribution is -2.20. The Balaban J connectivity index is 2.55. The van der Waals surface area contributed by atoms with E-state index in [4.69, 9.17) is 11.6 Å². The molecule has 2 aromatic rings. The zero-order valence-electron chi connectivity index (χ0n) is 8.21. The SMILES string of the molecule is CONC(=O)c1sc2cc(F)ccc2c1Cl. The number of hydroxylamine groups is 1. The minimum Gasteiger partial charge on any atom is -0.277 e. The average molecular weight is 260 g/mol. The molecular formula is C10H7ClFNO2S. The summed E-state index contributed by atoms with van der Waals surface area (Å²) in [6, 6.07) is 4.20. The van der Waals surface area contributed by atoms with Crippen LogP contribution in [0.25, 0.3) is 10.1 Å². The monoisotopic (exact) mass is 259 g/mol. The molecule has 16 heavy (non-hydrogen) atoms. The normalized spacial score (nSPS) is 10.7. The Kier molecular flexibility index (Phi) is 3.09. The Morgan fingerprint density at radius 3 is 3.00 bits per heavy atom. The van der Waals surface area contributed by atoms with Gasteiger partial charge in [-0.25, -0.2) is 9.87 Å². The fourth-order valence-electron chi connectivity index (χ4n) is 1.32. The van der Waals surface area contributed by atoms with Crippen molar-refractivity contribution >= 4 is 38.9 Å². The van der Waals surface area contributed by atoms with Crippen molar-refractivity contribution in [2.75, 3.05) is 7.11 Å². The molecule has 1 N–H and O–H groups in total. The third kappa shape index (κ3) is 1.89. The van der Waals surface area contributed by atoms with E-state index in [1.54, 1.807) is 6.07 Å². The smallest absolute Gasteiger partial charge is 0.277 e. The van der Waals surface area contributed by atoms with E-state index in [1.807, 2.05) is 0 Å². The van der Waals surface area contributed by atoms with Crippen molar-refractivity contribution in [3.8, 4) is 0 Å². The molecule has 1 amide bonds. The second-order valence-corrected chi connectivity index (χ2v) is 4.45. The molecule has 0 aliphatic carbocycles. The van der Waals surface area contributed by atoms with E-state index in [0.717, 1.165) is 11.3 Å². The molecule has 0 aliphatic heterocycles. The molecule has 1 aromatic carbocycles. The number of halogens is 2. The van der Waals surface area contributed by atoms with Gasteiger partial charge in [0.1, 0.15) is 10.7 Å². The zero-order valence-corrected chi connectivity index (χ0v) is 9.79. The molecule has 1 aromatic heterocycles. The van der Waals surface area contributed by atoms with Crippen molar-refractivity contribution in [2.45, 2.75) is 0 Å². The van der Waals surface area contributed by atoms with Crippen molar-refractivity contribution < 1.29 is 14.0 Å². The minimum atomic E-state index is -0.436. The van der Waals surface area contributed by atoms with Crippen molar-refractivity contribution in [3.63, 3.8) is 0 Å². The van der Waals surface area contributed by atoms with E-state index in [0.29, 0.717) is 20.0 Å². The van der Waals surface area contributed by atoms with E-state index in [2.05, 4.69) is 10.3 Å². The van der Waals surface area contributed by atoms with Crippen LogP contribution in [0.3, 0.4) is 0 Å². The highest BCUT2D eigenvalue weighted by Gasteiger charge is 2.17. The quantitative estimate of drug-likeness (QED) is 0.842. The second-order valence-electron chi connectivity index (χ2n) is 3.02. The molecule has 84 valence electrons. The van der Waals surface area contributed by atoms with Crippen LogP contribution in [0.1, 0.15) is 9.67 Å². The van der Waals surface area contributed by atoms with Gasteiger partial charge >= 0.3 is 0 Å². The number of rotatable bonds is 2. The third-order valence-corrected chi connectivity index (χ3v) is 3.65. The number of benzene rings is 1. The lowest BCUT2D eigenvalue weighted by atomic mass is 10.2. The van der Waals surface area contributed by atoms with Crippen LogP contribution in [0.2, 0.25) is 5.02 Å². The Morgan fingerprint density at radius 2 is 2.31 bits per heavy atom. The zero-order chi connectivity index (χ0) is 11.7. The van der Waals surface area contributed by atoms with Gasteiger partial charge in [0.2, 0.25) is 0 Å². The van der Waals surface area contributed by atoms with Crippen LogP contribution < -0.4 is 5.48 Å². The molecule has 0 atom stereocenters. The maximum atomic E-state index is 13.0. The molecule has 3 nitrogen and oxygen atoms in total. The number of fused-ring (bicyclic) bond motifs is 1. The molecule has 0 radical (unpaired) electrons. The summed E-state index contributed by atoms with van der Waals surface area (Å²) < 4.78 is 13.6. The first kappa shape index (κ1) is 11.3. The maximum absolute atomic E-state index is 13.0. The fraction of sp³-hybridized carbons (Fsp3) is 0.100.